The number of carboxylic acid groups (broad SMARTS) is 1. The van der Waals surface area contributed by atoms with Crippen molar-refractivity contribution in [1.29, 1.82) is 0 Å². The molecule has 4 N–H and O–H groups in total. The zero-order valence-electron chi connectivity index (χ0n) is 15.3. The van der Waals surface area contributed by atoms with Crippen molar-refractivity contribution in [2.75, 3.05) is 6.61 Å². The van der Waals surface area contributed by atoms with Crippen LogP contribution in [0.4, 0.5) is 4.79 Å². The summed E-state index contributed by atoms with van der Waals surface area (Å²) in [6.45, 7) is 0.134. The van der Waals surface area contributed by atoms with Crippen LogP contribution in [0.15, 0.2) is 48.5 Å². The fraction of sp³-hybridized carbons (Fsp3) is 0.286. The second-order valence-corrected chi connectivity index (χ2v) is 6.77. The van der Waals surface area contributed by atoms with Gasteiger partial charge in [-0.25, -0.2) is 4.79 Å². The van der Waals surface area contributed by atoms with Crippen LogP contribution in [0, 0.1) is 0 Å². The third-order valence-electron chi connectivity index (χ3n) is 4.83. The van der Waals surface area contributed by atoms with Crippen LogP contribution in [-0.4, -0.2) is 35.7 Å². The second-order valence-electron chi connectivity index (χ2n) is 6.77. The number of benzene rings is 2. The van der Waals surface area contributed by atoms with Crippen molar-refractivity contribution in [3.63, 3.8) is 0 Å². The van der Waals surface area contributed by atoms with E-state index in [2.05, 4.69) is 5.32 Å². The van der Waals surface area contributed by atoms with Gasteiger partial charge in [0.15, 0.2) is 0 Å². The molecule has 0 aromatic heterocycles. The molecule has 0 aliphatic heterocycles. The summed E-state index contributed by atoms with van der Waals surface area (Å²) in [4.78, 5) is 34.1. The lowest BCUT2D eigenvalue weighted by atomic mass is 9.98. The van der Waals surface area contributed by atoms with Crippen LogP contribution in [0.5, 0.6) is 0 Å². The molecule has 28 heavy (non-hydrogen) atoms. The lowest BCUT2D eigenvalue weighted by molar-refractivity contribution is -0.137. The molecule has 1 aliphatic rings. The van der Waals surface area contributed by atoms with E-state index < -0.39 is 24.0 Å². The molecule has 2 aromatic rings. The van der Waals surface area contributed by atoms with Gasteiger partial charge in [-0.15, -0.1) is 0 Å². The molecule has 7 heteroatoms. The molecule has 0 radical (unpaired) electrons. The first-order valence-corrected chi connectivity index (χ1v) is 9.07. The van der Waals surface area contributed by atoms with Crippen molar-refractivity contribution >= 4 is 18.0 Å². The van der Waals surface area contributed by atoms with Crippen molar-refractivity contribution in [2.45, 2.75) is 31.2 Å². The zero-order valence-corrected chi connectivity index (χ0v) is 15.3. The maximum Gasteiger partial charge on any atom is 0.407 e. The van der Waals surface area contributed by atoms with Gasteiger partial charge in [0.2, 0.25) is 5.91 Å². The number of fused-ring (bicyclic) bond motifs is 3. The van der Waals surface area contributed by atoms with Crippen LogP contribution >= 0.6 is 0 Å². The minimum absolute atomic E-state index is 0.0123. The highest BCUT2D eigenvalue weighted by Crippen LogP contribution is 2.44. The van der Waals surface area contributed by atoms with E-state index in [1.165, 1.54) is 0 Å². The Morgan fingerprint density at radius 1 is 1.04 bits per heavy atom. The number of primary amides is 1. The van der Waals surface area contributed by atoms with Gasteiger partial charge < -0.3 is 20.9 Å². The van der Waals surface area contributed by atoms with Crippen molar-refractivity contribution in [2.24, 2.45) is 5.73 Å². The Bertz CT molecular complexity index is 850. The number of hydrogen-bond acceptors (Lipinski definition) is 4. The van der Waals surface area contributed by atoms with Crippen LogP contribution in [-0.2, 0) is 14.3 Å². The van der Waals surface area contributed by atoms with E-state index in [-0.39, 0.29) is 31.8 Å². The number of nitrogens with two attached hydrogens (primary N) is 1. The molecule has 0 spiro atoms. The van der Waals surface area contributed by atoms with Crippen molar-refractivity contribution in [3.8, 4) is 11.1 Å². The maximum absolute atomic E-state index is 12.2. The summed E-state index contributed by atoms with van der Waals surface area (Å²) < 4.78 is 5.40. The highest BCUT2D eigenvalue weighted by atomic mass is 16.5. The average Bonchev–Trinajstić information content (AvgIpc) is 2.98. The number of amides is 2. The van der Waals surface area contributed by atoms with E-state index in [0.29, 0.717) is 0 Å². The summed E-state index contributed by atoms with van der Waals surface area (Å²) >= 11 is 0. The van der Waals surface area contributed by atoms with Crippen molar-refractivity contribution in [3.05, 3.63) is 59.7 Å². The molecule has 0 fully saturated rings. The molecular weight excluding hydrogens is 360 g/mol. The number of hydrogen-bond donors (Lipinski definition) is 3. The molecule has 0 bridgehead atoms. The van der Waals surface area contributed by atoms with Gasteiger partial charge >= 0.3 is 12.1 Å². The monoisotopic (exact) mass is 382 g/mol. The summed E-state index contributed by atoms with van der Waals surface area (Å²) in [5.41, 5.74) is 9.53. The first-order valence-electron chi connectivity index (χ1n) is 9.07. The molecule has 2 aromatic carbocycles. The largest absolute Gasteiger partial charge is 0.481 e. The predicted octanol–water partition coefficient (Wildman–Crippen LogP) is 2.63. The molecule has 0 unspecified atom stereocenters. The smallest absolute Gasteiger partial charge is 0.407 e. The van der Waals surface area contributed by atoms with E-state index in [0.717, 1.165) is 22.3 Å². The molecule has 7 nitrogen and oxygen atoms in total. The quantitative estimate of drug-likeness (QED) is 0.648. The molecule has 1 atom stereocenters. The van der Waals surface area contributed by atoms with Gasteiger partial charge in [-0.05, 0) is 28.7 Å². The van der Waals surface area contributed by atoms with Crippen LogP contribution in [0.1, 0.15) is 36.3 Å². The van der Waals surface area contributed by atoms with Crippen molar-refractivity contribution in [1.82, 2.24) is 5.32 Å². The van der Waals surface area contributed by atoms with Crippen LogP contribution < -0.4 is 11.1 Å². The Morgan fingerprint density at radius 2 is 1.61 bits per heavy atom. The third-order valence-corrected chi connectivity index (χ3v) is 4.83. The maximum atomic E-state index is 12.2. The summed E-state index contributed by atoms with van der Waals surface area (Å²) in [7, 11) is 0. The average molecular weight is 382 g/mol. The van der Waals surface area contributed by atoms with Crippen LogP contribution in [0.2, 0.25) is 0 Å². The summed E-state index contributed by atoms with van der Waals surface area (Å²) in [6, 6.07) is 15.2. The fourth-order valence-electron chi connectivity index (χ4n) is 3.56. The topological polar surface area (TPSA) is 119 Å². The summed E-state index contributed by atoms with van der Waals surface area (Å²) in [6.07, 6.45) is -0.886. The predicted molar refractivity (Wildman–Crippen MR) is 103 cm³/mol. The zero-order chi connectivity index (χ0) is 20.1. The molecule has 2 amide bonds. The second kappa shape index (κ2) is 8.56. The molecule has 146 valence electrons. The van der Waals surface area contributed by atoms with E-state index in [1.807, 2.05) is 48.5 Å². The van der Waals surface area contributed by atoms with Crippen LogP contribution in [0.3, 0.4) is 0 Å². The molecule has 0 heterocycles. The van der Waals surface area contributed by atoms with Gasteiger partial charge in [0.1, 0.15) is 6.61 Å². The molecule has 0 saturated heterocycles. The highest BCUT2D eigenvalue weighted by molar-refractivity contribution is 5.79. The normalized spacial score (nSPS) is 13.3. The van der Waals surface area contributed by atoms with Gasteiger partial charge in [0.25, 0.3) is 0 Å². The first kappa shape index (κ1) is 19.4. The minimum Gasteiger partial charge on any atom is -0.481 e. The number of ether oxygens (including phenoxy) is 1. The van der Waals surface area contributed by atoms with E-state index in [1.54, 1.807) is 0 Å². The number of carboxylic acids is 1. The summed E-state index contributed by atoms with van der Waals surface area (Å²) in [5.74, 6) is -1.71. The minimum atomic E-state index is -1.08. The van der Waals surface area contributed by atoms with E-state index in [9.17, 15) is 14.4 Å². The molecule has 0 saturated carbocycles. The van der Waals surface area contributed by atoms with Gasteiger partial charge in [-0.1, -0.05) is 48.5 Å². The number of rotatable bonds is 8. The Labute approximate surface area is 162 Å². The number of carbonyl (C=O) groups is 3. The molecule has 1 aliphatic carbocycles. The lowest BCUT2D eigenvalue weighted by Gasteiger charge is -2.18. The number of aliphatic carboxylic acids is 1. The Kier molecular flexibility index (Phi) is 5.93. The lowest BCUT2D eigenvalue weighted by Crippen LogP contribution is -2.38. The standard InChI is InChI=1S/C21H22N2O5/c22-19(24)10-9-13(11-20(25)26)23-21(27)28-12-18-16-7-3-1-5-14(16)15-6-2-4-8-17(15)18/h1-8,13,18H,9-12H2,(H2,22,24)(H,23,27)(H,25,26)/t13-/m0/s1. The SMILES string of the molecule is NC(=O)CC[C@@H](CC(=O)O)NC(=O)OCC1c2ccccc2-c2ccccc21. The van der Waals surface area contributed by atoms with Gasteiger partial charge in [0.05, 0.1) is 6.42 Å². The Hall–Kier alpha value is -3.35. The Balaban J connectivity index is 1.65. The summed E-state index contributed by atoms with van der Waals surface area (Å²) in [5, 5.41) is 11.5. The van der Waals surface area contributed by atoms with E-state index >= 15 is 0 Å². The number of nitrogens with one attached hydrogen (secondary N) is 1. The van der Waals surface area contributed by atoms with E-state index in [4.69, 9.17) is 15.6 Å². The first-order chi connectivity index (χ1) is 13.5. The third kappa shape index (κ3) is 4.49. The number of carbonyl (C=O) groups excluding carboxylic acids is 2. The van der Waals surface area contributed by atoms with Crippen LogP contribution in [0.25, 0.3) is 11.1 Å². The van der Waals surface area contributed by atoms with Gasteiger partial charge in [0, 0.05) is 18.4 Å². The molecule has 3 rings (SSSR count). The Morgan fingerprint density at radius 3 is 2.14 bits per heavy atom. The number of alkyl carbamates (subject to hydrolysis) is 1. The highest BCUT2D eigenvalue weighted by Gasteiger charge is 2.29. The fourth-order valence-corrected chi connectivity index (χ4v) is 3.56. The van der Waals surface area contributed by atoms with Gasteiger partial charge in [-0.2, -0.15) is 0 Å². The van der Waals surface area contributed by atoms with Crippen molar-refractivity contribution < 1.29 is 24.2 Å². The van der Waals surface area contributed by atoms with Gasteiger partial charge in [-0.3, -0.25) is 9.59 Å². The molecular formula is C21H22N2O5.